The number of pyridine rings is 1. The number of hydrogen-bond donors (Lipinski definition) is 3. The van der Waals surface area contributed by atoms with Crippen LogP contribution in [0.25, 0.3) is 11.0 Å². The molecule has 2 rings (SSSR count). The maximum absolute atomic E-state index is 5.68. The number of nitrogens with zero attached hydrogens (tertiary/aromatic N) is 2. The number of anilines is 2. The van der Waals surface area contributed by atoms with Gasteiger partial charge in [-0.1, -0.05) is 0 Å². The van der Waals surface area contributed by atoms with Crippen LogP contribution in [-0.2, 0) is 0 Å². The monoisotopic (exact) mass is 177 g/mol. The summed E-state index contributed by atoms with van der Waals surface area (Å²) in [5.41, 5.74) is 13.8. The molecule has 0 spiro atoms. The number of aryl methyl sites for hydroxylation is 2. The van der Waals surface area contributed by atoms with E-state index in [1.807, 2.05) is 13.8 Å². The zero-order valence-corrected chi connectivity index (χ0v) is 7.55. The molecule has 0 bridgehead atoms. The molecule has 0 radical (unpaired) electrons. The predicted molar refractivity (Wildman–Crippen MR) is 52.2 cm³/mol. The Hall–Kier alpha value is -1.78. The number of H-pyrrole nitrogens is 1. The van der Waals surface area contributed by atoms with E-state index in [0.717, 1.165) is 22.4 Å². The standard InChI is InChI=1S/C8H11N5/c1-3-5-6(12-4(2)11-5)8(10)13-7(3)9/h1-2H3,(H,11,12)(H4,9,10,13). The van der Waals surface area contributed by atoms with E-state index in [0.29, 0.717) is 11.6 Å². The minimum absolute atomic E-state index is 0.402. The summed E-state index contributed by atoms with van der Waals surface area (Å²) >= 11 is 0. The van der Waals surface area contributed by atoms with Gasteiger partial charge in [-0.2, -0.15) is 0 Å². The number of aromatic amines is 1. The van der Waals surface area contributed by atoms with E-state index in [1.165, 1.54) is 0 Å². The Bertz CT molecular complexity index is 471. The van der Waals surface area contributed by atoms with Crippen molar-refractivity contribution in [1.29, 1.82) is 0 Å². The Morgan fingerprint density at radius 1 is 1.08 bits per heavy atom. The second-order valence-electron chi connectivity index (χ2n) is 3.05. The van der Waals surface area contributed by atoms with Crippen molar-refractivity contribution in [2.45, 2.75) is 13.8 Å². The van der Waals surface area contributed by atoms with Crippen molar-refractivity contribution >= 4 is 22.7 Å². The highest BCUT2D eigenvalue weighted by Crippen LogP contribution is 2.23. The molecule has 0 aromatic carbocycles. The third-order valence-electron chi connectivity index (χ3n) is 2.06. The first-order valence-electron chi connectivity index (χ1n) is 3.97. The van der Waals surface area contributed by atoms with Crippen molar-refractivity contribution in [3.05, 3.63) is 11.4 Å². The lowest BCUT2D eigenvalue weighted by molar-refractivity contribution is 1.17. The van der Waals surface area contributed by atoms with Crippen molar-refractivity contribution in [3.8, 4) is 0 Å². The number of nitrogens with two attached hydrogens (primary N) is 2. The van der Waals surface area contributed by atoms with Gasteiger partial charge in [-0.05, 0) is 13.8 Å². The van der Waals surface area contributed by atoms with Crippen LogP contribution in [0.5, 0.6) is 0 Å². The Labute approximate surface area is 75.2 Å². The number of nitrogens with one attached hydrogen (secondary N) is 1. The highest BCUT2D eigenvalue weighted by molar-refractivity contribution is 5.90. The molecule has 5 N–H and O–H groups in total. The van der Waals surface area contributed by atoms with Crippen LogP contribution in [0.3, 0.4) is 0 Å². The van der Waals surface area contributed by atoms with Crippen LogP contribution in [0.2, 0.25) is 0 Å². The molecular weight excluding hydrogens is 166 g/mol. The van der Waals surface area contributed by atoms with Crippen molar-refractivity contribution in [2.24, 2.45) is 0 Å². The summed E-state index contributed by atoms with van der Waals surface area (Å²) in [7, 11) is 0. The first-order valence-corrected chi connectivity index (χ1v) is 3.97. The summed E-state index contributed by atoms with van der Waals surface area (Å²) in [6.45, 7) is 3.75. The second kappa shape index (κ2) is 2.35. The smallest absolute Gasteiger partial charge is 0.151 e. The molecule has 0 aliphatic rings. The Balaban J connectivity index is 2.95. The molecule has 2 aromatic rings. The van der Waals surface area contributed by atoms with E-state index >= 15 is 0 Å². The van der Waals surface area contributed by atoms with Crippen LogP contribution in [0, 0.1) is 13.8 Å². The van der Waals surface area contributed by atoms with Gasteiger partial charge in [0, 0.05) is 5.56 Å². The number of rotatable bonds is 0. The van der Waals surface area contributed by atoms with Gasteiger partial charge in [0.1, 0.15) is 17.2 Å². The third kappa shape index (κ3) is 1.00. The van der Waals surface area contributed by atoms with Gasteiger partial charge < -0.3 is 16.5 Å². The molecule has 0 saturated carbocycles. The molecule has 5 heteroatoms. The number of hydrogen-bond acceptors (Lipinski definition) is 4. The summed E-state index contributed by atoms with van der Waals surface area (Å²) in [4.78, 5) is 11.3. The highest BCUT2D eigenvalue weighted by Gasteiger charge is 2.09. The van der Waals surface area contributed by atoms with E-state index in [4.69, 9.17) is 11.5 Å². The predicted octanol–water partition coefficient (Wildman–Crippen LogP) is 0.739. The van der Waals surface area contributed by atoms with Gasteiger partial charge in [0.2, 0.25) is 0 Å². The summed E-state index contributed by atoms with van der Waals surface area (Å²) in [5.74, 6) is 1.66. The van der Waals surface area contributed by atoms with E-state index in [-0.39, 0.29) is 0 Å². The molecule has 0 unspecified atom stereocenters. The van der Waals surface area contributed by atoms with Crippen LogP contribution in [0.15, 0.2) is 0 Å². The van der Waals surface area contributed by atoms with Gasteiger partial charge in [0.05, 0.1) is 5.52 Å². The SMILES string of the molecule is Cc1nc2c(C)c(N)nc(N)c2[nH]1. The normalized spacial score (nSPS) is 10.9. The lowest BCUT2D eigenvalue weighted by Crippen LogP contribution is -2.00. The molecule has 0 fully saturated rings. The molecule has 0 aliphatic carbocycles. The molecule has 0 saturated heterocycles. The number of fused-ring (bicyclic) bond motifs is 1. The molecule has 2 heterocycles. The fourth-order valence-electron chi connectivity index (χ4n) is 1.34. The van der Waals surface area contributed by atoms with E-state index in [2.05, 4.69) is 15.0 Å². The maximum Gasteiger partial charge on any atom is 0.151 e. The van der Waals surface area contributed by atoms with Gasteiger partial charge >= 0.3 is 0 Å². The molecule has 13 heavy (non-hydrogen) atoms. The molecule has 5 nitrogen and oxygen atoms in total. The van der Waals surface area contributed by atoms with Gasteiger partial charge in [-0.25, -0.2) is 9.97 Å². The van der Waals surface area contributed by atoms with Crippen molar-refractivity contribution in [1.82, 2.24) is 15.0 Å². The first-order chi connectivity index (χ1) is 6.09. The van der Waals surface area contributed by atoms with Crippen LogP contribution in [0.1, 0.15) is 11.4 Å². The highest BCUT2D eigenvalue weighted by atomic mass is 15.0. The van der Waals surface area contributed by atoms with Crippen LogP contribution in [-0.4, -0.2) is 15.0 Å². The quantitative estimate of drug-likeness (QED) is 0.553. The van der Waals surface area contributed by atoms with E-state index < -0.39 is 0 Å². The van der Waals surface area contributed by atoms with Gasteiger partial charge in [0.25, 0.3) is 0 Å². The van der Waals surface area contributed by atoms with Crippen LogP contribution >= 0.6 is 0 Å². The van der Waals surface area contributed by atoms with Crippen molar-refractivity contribution in [2.75, 3.05) is 11.5 Å². The van der Waals surface area contributed by atoms with Gasteiger partial charge in [0.15, 0.2) is 5.82 Å². The summed E-state index contributed by atoms with van der Waals surface area (Å²) in [6.07, 6.45) is 0. The second-order valence-corrected chi connectivity index (χ2v) is 3.05. The first kappa shape index (κ1) is 7.85. The average Bonchev–Trinajstić information content (AvgIpc) is 2.44. The van der Waals surface area contributed by atoms with Crippen LogP contribution < -0.4 is 11.5 Å². The zero-order chi connectivity index (χ0) is 9.59. The number of aromatic nitrogens is 3. The summed E-state index contributed by atoms with van der Waals surface area (Å²) in [5, 5.41) is 0. The molecule has 0 aliphatic heterocycles. The third-order valence-corrected chi connectivity index (χ3v) is 2.06. The van der Waals surface area contributed by atoms with Crippen LogP contribution in [0.4, 0.5) is 11.6 Å². The Morgan fingerprint density at radius 3 is 2.46 bits per heavy atom. The topological polar surface area (TPSA) is 93.6 Å². The maximum atomic E-state index is 5.68. The van der Waals surface area contributed by atoms with Crippen molar-refractivity contribution in [3.63, 3.8) is 0 Å². The zero-order valence-electron chi connectivity index (χ0n) is 7.55. The average molecular weight is 177 g/mol. The fourth-order valence-corrected chi connectivity index (χ4v) is 1.34. The number of imidazole rings is 1. The summed E-state index contributed by atoms with van der Waals surface area (Å²) in [6, 6.07) is 0. The molecule has 0 amide bonds. The minimum atomic E-state index is 0.402. The molecule has 2 aromatic heterocycles. The molecule has 0 atom stereocenters. The fraction of sp³-hybridized carbons (Fsp3) is 0.250. The molecular formula is C8H11N5. The Morgan fingerprint density at radius 2 is 1.77 bits per heavy atom. The Kier molecular flexibility index (Phi) is 1.42. The number of nitrogen functional groups attached to an aromatic ring is 2. The van der Waals surface area contributed by atoms with E-state index in [1.54, 1.807) is 0 Å². The molecule has 68 valence electrons. The largest absolute Gasteiger partial charge is 0.383 e. The van der Waals surface area contributed by atoms with Gasteiger partial charge in [-0.15, -0.1) is 0 Å². The van der Waals surface area contributed by atoms with E-state index in [9.17, 15) is 0 Å². The lowest BCUT2D eigenvalue weighted by atomic mass is 10.2. The lowest BCUT2D eigenvalue weighted by Gasteiger charge is -2.01. The summed E-state index contributed by atoms with van der Waals surface area (Å²) < 4.78 is 0. The minimum Gasteiger partial charge on any atom is -0.383 e. The van der Waals surface area contributed by atoms with Crippen molar-refractivity contribution < 1.29 is 0 Å². The van der Waals surface area contributed by atoms with Gasteiger partial charge in [-0.3, -0.25) is 0 Å².